The van der Waals surface area contributed by atoms with Crippen molar-refractivity contribution in [2.45, 2.75) is 0 Å². The Morgan fingerprint density at radius 1 is 1.08 bits per heavy atom. The molecule has 5 nitrogen and oxygen atoms in total. The first-order valence-electron chi connectivity index (χ1n) is 3.50. The van der Waals surface area contributed by atoms with Crippen LogP contribution in [0.2, 0.25) is 0 Å². The Labute approximate surface area is 74.3 Å². The van der Waals surface area contributed by atoms with E-state index in [1.165, 1.54) is 0 Å². The molecule has 0 bridgehead atoms. The van der Waals surface area contributed by atoms with Crippen LogP contribution in [0.5, 0.6) is 0 Å². The highest BCUT2D eigenvalue weighted by molar-refractivity contribution is 5.95. The molecule has 0 heterocycles. The predicted molar refractivity (Wildman–Crippen MR) is 45.2 cm³/mol. The number of carbonyl (C=O) groups excluding carboxylic acids is 2. The number of hydrogen-bond acceptors (Lipinski definition) is 2. The molecule has 0 spiro atoms. The standard InChI is InChI=1S/C8H7N3O2/c9-8(13)11-10-7(12)6-4-2-1-3-5-6/h1-5H,(H2,9,13). The number of urea groups is 1. The molecule has 0 radical (unpaired) electrons. The second-order valence-electron chi connectivity index (χ2n) is 2.21. The highest BCUT2D eigenvalue weighted by atomic mass is 16.2. The lowest BCUT2D eigenvalue weighted by molar-refractivity contribution is 0.0994. The topological polar surface area (TPSA) is 84.9 Å². The second-order valence-corrected chi connectivity index (χ2v) is 2.21. The molecule has 0 aliphatic rings. The lowest BCUT2D eigenvalue weighted by atomic mass is 10.2. The van der Waals surface area contributed by atoms with E-state index < -0.39 is 11.9 Å². The SMILES string of the molecule is NC(=O)N=NC(=O)c1ccccc1. The van der Waals surface area contributed by atoms with E-state index in [1.54, 1.807) is 30.3 Å². The zero-order valence-electron chi connectivity index (χ0n) is 6.68. The molecule has 0 aromatic heterocycles. The molecule has 0 aliphatic carbocycles. The third-order valence-corrected chi connectivity index (χ3v) is 1.26. The van der Waals surface area contributed by atoms with Crippen molar-refractivity contribution < 1.29 is 9.59 Å². The number of rotatable bonds is 1. The second kappa shape index (κ2) is 4.10. The van der Waals surface area contributed by atoms with Crippen LogP contribution in [-0.4, -0.2) is 11.9 Å². The maximum Gasteiger partial charge on any atom is 0.357 e. The summed E-state index contributed by atoms with van der Waals surface area (Å²) >= 11 is 0. The van der Waals surface area contributed by atoms with Gasteiger partial charge in [0.2, 0.25) is 0 Å². The van der Waals surface area contributed by atoms with Crippen molar-refractivity contribution in [2.24, 2.45) is 16.0 Å². The first kappa shape index (κ1) is 9.05. The van der Waals surface area contributed by atoms with Gasteiger partial charge in [-0.25, -0.2) is 4.79 Å². The maximum atomic E-state index is 11.1. The summed E-state index contributed by atoms with van der Waals surface area (Å²) in [6.45, 7) is 0. The van der Waals surface area contributed by atoms with E-state index in [4.69, 9.17) is 0 Å². The smallest absolute Gasteiger partial charge is 0.348 e. The van der Waals surface area contributed by atoms with Gasteiger partial charge in [0, 0.05) is 5.56 Å². The Balaban J connectivity index is 2.76. The summed E-state index contributed by atoms with van der Waals surface area (Å²) in [7, 11) is 0. The van der Waals surface area contributed by atoms with Gasteiger partial charge in [0.05, 0.1) is 0 Å². The number of nitrogens with two attached hydrogens (primary N) is 1. The molecular formula is C8H7N3O2. The summed E-state index contributed by atoms with van der Waals surface area (Å²) < 4.78 is 0. The van der Waals surface area contributed by atoms with Crippen LogP contribution >= 0.6 is 0 Å². The van der Waals surface area contributed by atoms with Crippen molar-refractivity contribution >= 4 is 11.9 Å². The molecule has 3 amide bonds. The fourth-order valence-corrected chi connectivity index (χ4v) is 0.733. The minimum Gasteiger partial charge on any atom is -0.348 e. The first-order valence-corrected chi connectivity index (χ1v) is 3.50. The molecule has 1 rings (SSSR count). The van der Waals surface area contributed by atoms with Crippen molar-refractivity contribution in [3.05, 3.63) is 35.9 Å². The average Bonchev–Trinajstić information content (AvgIpc) is 2.15. The van der Waals surface area contributed by atoms with Crippen molar-refractivity contribution in [3.63, 3.8) is 0 Å². The molecule has 2 N–H and O–H groups in total. The molecule has 66 valence electrons. The van der Waals surface area contributed by atoms with Gasteiger partial charge in [-0.2, -0.15) is 0 Å². The molecule has 0 atom stereocenters. The number of carbonyl (C=O) groups is 2. The van der Waals surface area contributed by atoms with Gasteiger partial charge >= 0.3 is 6.03 Å². The number of benzene rings is 1. The van der Waals surface area contributed by atoms with Gasteiger partial charge in [0.15, 0.2) is 0 Å². The predicted octanol–water partition coefficient (Wildman–Crippen LogP) is 1.36. The van der Waals surface area contributed by atoms with Crippen LogP contribution in [0.15, 0.2) is 40.6 Å². The molecule has 1 aromatic rings. The van der Waals surface area contributed by atoms with Crippen LogP contribution in [0.25, 0.3) is 0 Å². The van der Waals surface area contributed by atoms with Gasteiger partial charge in [-0.1, -0.05) is 23.3 Å². The molecular weight excluding hydrogens is 170 g/mol. The summed E-state index contributed by atoms with van der Waals surface area (Å²) in [5.74, 6) is -0.584. The van der Waals surface area contributed by atoms with E-state index in [0.717, 1.165) is 0 Å². The van der Waals surface area contributed by atoms with Crippen molar-refractivity contribution in [3.8, 4) is 0 Å². The van der Waals surface area contributed by atoms with Crippen molar-refractivity contribution in [1.82, 2.24) is 0 Å². The Morgan fingerprint density at radius 2 is 1.69 bits per heavy atom. The molecule has 0 aliphatic heterocycles. The average molecular weight is 177 g/mol. The zero-order valence-corrected chi connectivity index (χ0v) is 6.68. The van der Waals surface area contributed by atoms with E-state index >= 15 is 0 Å². The summed E-state index contributed by atoms with van der Waals surface area (Å²) in [5, 5.41) is 6.02. The molecule has 13 heavy (non-hydrogen) atoms. The van der Waals surface area contributed by atoms with Gasteiger partial charge in [-0.05, 0) is 12.1 Å². The molecule has 1 aromatic carbocycles. The normalized spacial score (nSPS) is 10.2. The number of azo groups is 1. The van der Waals surface area contributed by atoms with E-state index in [2.05, 4.69) is 16.0 Å². The van der Waals surface area contributed by atoms with Crippen LogP contribution in [0.1, 0.15) is 10.4 Å². The fraction of sp³-hybridized carbons (Fsp3) is 0. The van der Waals surface area contributed by atoms with Gasteiger partial charge < -0.3 is 5.73 Å². The third kappa shape index (κ3) is 2.82. The lowest BCUT2D eigenvalue weighted by Crippen LogP contribution is -2.04. The van der Waals surface area contributed by atoms with Crippen molar-refractivity contribution in [1.29, 1.82) is 0 Å². The van der Waals surface area contributed by atoms with Gasteiger partial charge in [-0.15, -0.1) is 5.11 Å². The highest BCUT2D eigenvalue weighted by Crippen LogP contribution is 2.00. The minimum atomic E-state index is -0.982. The number of hydrogen-bond donors (Lipinski definition) is 1. The Kier molecular flexibility index (Phi) is 2.86. The first-order chi connectivity index (χ1) is 6.20. The van der Waals surface area contributed by atoms with Crippen LogP contribution in [0.3, 0.4) is 0 Å². The van der Waals surface area contributed by atoms with E-state index in [1.807, 2.05) is 0 Å². The molecule has 0 fully saturated rings. The van der Waals surface area contributed by atoms with Gasteiger partial charge in [0.1, 0.15) is 0 Å². The lowest BCUT2D eigenvalue weighted by Gasteiger charge is -1.90. The zero-order chi connectivity index (χ0) is 9.68. The Hall–Kier alpha value is -2.04. The number of primary amides is 1. The Bertz CT molecular complexity index is 346. The van der Waals surface area contributed by atoms with E-state index in [9.17, 15) is 9.59 Å². The van der Waals surface area contributed by atoms with Crippen LogP contribution in [0, 0.1) is 0 Å². The maximum absolute atomic E-state index is 11.1. The quantitative estimate of drug-likeness (QED) is 0.656. The summed E-state index contributed by atoms with van der Waals surface area (Å²) in [6.07, 6.45) is 0. The van der Waals surface area contributed by atoms with Gasteiger partial charge in [0.25, 0.3) is 5.91 Å². The summed E-state index contributed by atoms with van der Waals surface area (Å²) in [4.78, 5) is 21.2. The monoisotopic (exact) mass is 177 g/mol. The van der Waals surface area contributed by atoms with Crippen molar-refractivity contribution in [2.75, 3.05) is 0 Å². The van der Waals surface area contributed by atoms with Gasteiger partial charge in [-0.3, -0.25) is 4.79 Å². The summed E-state index contributed by atoms with van der Waals surface area (Å²) in [6, 6.07) is 7.30. The highest BCUT2D eigenvalue weighted by Gasteiger charge is 2.01. The van der Waals surface area contributed by atoms with Crippen LogP contribution < -0.4 is 5.73 Å². The molecule has 5 heteroatoms. The number of amides is 3. The van der Waals surface area contributed by atoms with Crippen LogP contribution in [-0.2, 0) is 0 Å². The largest absolute Gasteiger partial charge is 0.357 e. The van der Waals surface area contributed by atoms with E-state index in [0.29, 0.717) is 5.56 Å². The molecule has 0 saturated carbocycles. The summed E-state index contributed by atoms with van der Waals surface area (Å²) in [5.41, 5.74) is 5.04. The number of nitrogens with zero attached hydrogens (tertiary/aromatic N) is 2. The Morgan fingerprint density at radius 3 is 2.23 bits per heavy atom. The minimum absolute atomic E-state index is 0.368. The molecule has 0 saturated heterocycles. The molecule has 0 unspecified atom stereocenters. The fourth-order valence-electron chi connectivity index (χ4n) is 0.733. The van der Waals surface area contributed by atoms with Crippen LogP contribution in [0.4, 0.5) is 4.79 Å². The van der Waals surface area contributed by atoms with E-state index in [-0.39, 0.29) is 0 Å². The third-order valence-electron chi connectivity index (χ3n) is 1.26.